The fourth-order valence-corrected chi connectivity index (χ4v) is 5.31. The van der Waals surface area contributed by atoms with E-state index in [0.717, 1.165) is 50.7 Å². The third kappa shape index (κ3) is 10.4. The summed E-state index contributed by atoms with van der Waals surface area (Å²) in [6, 6.07) is 11.7. The molecule has 37 heavy (non-hydrogen) atoms. The molecule has 202 valence electrons. The number of Topliss-reactive ketones (excluding diaryl/α,β-unsaturated/α-hetero) is 1. The lowest BCUT2D eigenvalue weighted by molar-refractivity contribution is 0.101. The van der Waals surface area contributed by atoms with Gasteiger partial charge in [-0.25, -0.2) is 15.0 Å². The number of carbonyl (C=O) groups is 1. The summed E-state index contributed by atoms with van der Waals surface area (Å²) in [5.41, 5.74) is 1.73. The van der Waals surface area contributed by atoms with E-state index in [1.54, 1.807) is 30.9 Å². The third-order valence-electron chi connectivity index (χ3n) is 6.65. The van der Waals surface area contributed by atoms with Crippen molar-refractivity contribution in [1.82, 2.24) is 15.0 Å². The number of thioether (sulfide) groups is 1. The molecule has 0 atom stereocenters. The molecule has 1 aliphatic carbocycles. The van der Waals surface area contributed by atoms with E-state index in [4.69, 9.17) is 0 Å². The number of para-hydroxylation sites is 1. The van der Waals surface area contributed by atoms with Gasteiger partial charge in [0.15, 0.2) is 5.78 Å². The van der Waals surface area contributed by atoms with Crippen molar-refractivity contribution in [2.45, 2.75) is 84.6 Å². The standard InChI is InChI=1S/C11H13N3.C11H22.C9H11NOS/c1-8-12-10-7-5-4-6-9(10)11(13-8)14(2)3;1-3-4-5-11-8-6-10(2)7-9-11;1-3-12-9-8(7(2)11)5-4-6-10-9/h4-7H,1-3H3;10-11H,3-9H2,1-2H3;4-6H,3H2,1-2H3. The molecular weight excluding hydrogens is 476 g/mol. The molecule has 2 heterocycles. The van der Waals surface area contributed by atoms with Crippen molar-refractivity contribution in [2.24, 2.45) is 11.8 Å². The van der Waals surface area contributed by atoms with Gasteiger partial charge in [-0.15, -0.1) is 11.8 Å². The Morgan fingerprint density at radius 1 is 1.03 bits per heavy atom. The number of aryl methyl sites for hydroxylation is 1. The van der Waals surface area contributed by atoms with Gasteiger partial charge in [-0.3, -0.25) is 4.79 Å². The highest BCUT2D eigenvalue weighted by Crippen LogP contribution is 2.31. The van der Waals surface area contributed by atoms with Gasteiger partial charge < -0.3 is 4.90 Å². The first kappa shape index (κ1) is 30.8. The van der Waals surface area contributed by atoms with Gasteiger partial charge in [0, 0.05) is 31.2 Å². The summed E-state index contributed by atoms with van der Waals surface area (Å²) >= 11 is 1.60. The molecular formula is C31H46N4OS. The fraction of sp³-hybridized carbons (Fsp3) is 0.548. The van der Waals surface area contributed by atoms with Crippen molar-refractivity contribution in [3.63, 3.8) is 0 Å². The number of carbonyl (C=O) groups excluding carboxylic acids is 1. The summed E-state index contributed by atoms with van der Waals surface area (Å²) in [6.45, 7) is 10.2. The van der Waals surface area contributed by atoms with Gasteiger partial charge in [0.25, 0.3) is 0 Å². The summed E-state index contributed by atoms with van der Waals surface area (Å²) in [5, 5.41) is 1.94. The minimum atomic E-state index is 0.0825. The summed E-state index contributed by atoms with van der Waals surface area (Å²) in [7, 11) is 3.99. The Morgan fingerprint density at radius 2 is 1.73 bits per heavy atom. The van der Waals surface area contributed by atoms with Crippen LogP contribution in [0.5, 0.6) is 0 Å². The summed E-state index contributed by atoms with van der Waals surface area (Å²) in [4.78, 5) is 26.0. The predicted molar refractivity (Wildman–Crippen MR) is 160 cm³/mol. The number of nitrogens with zero attached hydrogens (tertiary/aromatic N) is 4. The molecule has 1 fully saturated rings. The van der Waals surface area contributed by atoms with Crippen LogP contribution in [0.15, 0.2) is 47.6 Å². The number of fused-ring (bicyclic) bond motifs is 1. The Bertz CT molecular complexity index is 1090. The van der Waals surface area contributed by atoms with Crippen LogP contribution < -0.4 is 4.90 Å². The smallest absolute Gasteiger partial charge is 0.162 e. The predicted octanol–water partition coefficient (Wildman–Crippen LogP) is 8.40. The van der Waals surface area contributed by atoms with Crippen molar-refractivity contribution in [3.05, 3.63) is 54.0 Å². The second kappa shape index (κ2) is 16.4. The van der Waals surface area contributed by atoms with Crippen molar-refractivity contribution in [3.8, 4) is 0 Å². The number of benzene rings is 1. The molecule has 3 aromatic rings. The lowest BCUT2D eigenvalue weighted by atomic mass is 9.81. The zero-order valence-electron chi connectivity index (χ0n) is 24.0. The van der Waals surface area contributed by atoms with Crippen LogP contribution >= 0.6 is 11.8 Å². The van der Waals surface area contributed by atoms with Crippen molar-refractivity contribution in [2.75, 3.05) is 24.7 Å². The van der Waals surface area contributed by atoms with Crippen LogP contribution in [-0.4, -0.2) is 40.6 Å². The van der Waals surface area contributed by atoms with Crippen LogP contribution in [-0.2, 0) is 0 Å². The Hall–Kier alpha value is -2.47. The number of pyridine rings is 1. The highest BCUT2D eigenvalue weighted by molar-refractivity contribution is 7.99. The Morgan fingerprint density at radius 3 is 2.35 bits per heavy atom. The van der Waals surface area contributed by atoms with Crippen molar-refractivity contribution >= 4 is 34.3 Å². The van der Waals surface area contributed by atoms with Crippen LogP contribution in [0.25, 0.3) is 10.9 Å². The highest BCUT2D eigenvalue weighted by Gasteiger charge is 2.17. The summed E-state index contributed by atoms with van der Waals surface area (Å²) < 4.78 is 0. The maximum Gasteiger partial charge on any atom is 0.162 e. The first-order valence-electron chi connectivity index (χ1n) is 13.8. The molecule has 1 saturated carbocycles. The van der Waals surface area contributed by atoms with E-state index in [2.05, 4.69) is 28.8 Å². The van der Waals surface area contributed by atoms with Crippen LogP contribution in [0.4, 0.5) is 5.82 Å². The highest BCUT2D eigenvalue weighted by atomic mass is 32.2. The van der Waals surface area contributed by atoms with Gasteiger partial charge in [0.2, 0.25) is 0 Å². The molecule has 6 heteroatoms. The number of hydrogen-bond donors (Lipinski definition) is 0. The van der Waals surface area contributed by atoms with E-state index in [1.165, 1.54) is 44.9 Å². The zero-order valence-corrected chi connectivity index (χ0v) is 24.8. The maximum atomic E-state index is 11.1. The van der Waals surface area contributed by atoms with Crippen molar-refractivity contribution < 1.29 is 4.79 Å². The molecule has 1 aromatic carbocycles. The molecule has 0 bridgehead atoms. The van der Waals surface area contributed by atoms with Crippen LogP contribution in [0, 0.1) is 18.8 Å². The molecule has 0 saturated heterocycles. The molecule has 5 nitrogen and oxygen atoms in total. The van der Waals surface area contributed by atoms with E-state index < -0.39 is 0 Å². The third-order valence-corrected chi connectivity index (χ3v) is 7.54. The SMILES string of the molecule is CCCCC1CCC(C)CC1.CCSc1ncccc1C(C)=O.Cc1nc(N(C)C)c2ccccc2n1. The Labute approximate surface area is 228 Å². The van der Waals surface area contributed by atoms with E-state index in [0.29, 0.717) is 0 Å². The molecule has 1 aliphatic rings. The van der Waals surface area contributed by atoms with Gasteiger partial charge in [-0.05, 0) is 55.7 Å². The molecule has 0 amide bonds. The van der Waals surface area contributed by atoms with E-state index in [9.17, 15) is 4.79 Å². The molecule has 0 aliphatic heterocycles. The molecule has 0 radical (unpaired) electrons. The number of unbranched alkanes of at least 4 members (excludes halogenated alkanes) is 1. The second-order valence-corrected chi connectivity index (χ2v) is 11.4. The van der Waals surface area contributed by atoms with Crippen molar-refractivity contribution in [1.29, 1.82) is 0 Å². The largest absolute Gasteiger partial charge is 0.362 e. The maximum absolute atomic E-state index is 11.1. The average Bonchev–Trinajstić information content (AvgIpc) is 2.89. The van der Waals surface area contributed by atoms with Crippen LogP contribution in [0.3, 0.4) is 0 Å². The monoisotopic (exact) mass is 522 g/mol. The number of hydrogen-bond acceptors (Lipinski definition) is 6. The number of rotatable bonds is 7. The molecule has 4 rings (SSSR count). The average molecular weight is 523 g/mol. The fourth-order valence-electron chi connectivity index (χ4n) is 4.54. The Balaban J connectivity index is 0.000000197. The first-order valence-corrected chi connectivity index (χ1v) is 14.7. The minimum absolute atomic E-state index is 0.0825. The first-order chi connectivity index (χ1) is 17.8. The lowest BCUT2D eigenvalue weighted by Crippen LogP contribution is -2.12. The van der Waals surface area contributed by atoms with Gasteiger partial charge in [0.1, 0.15) is 16.7 Å². The summed E-state index contributed by atoms with van der Waals surface area (Å²) in [5.74, 6) is 4.93. The number of aromatic nitrogens is 3. The Kier molecular flexibility index (Phi) is 13.6. The summed E-state index contributed by atoms with van der Waals surface area (Å²) in [6.07, 6.45) is 12.1. The van der Waals surface area contributed by atoms with Gasteiger partial charge >= 0.3 is 0 Å². The van der Waals surface area contributed by atoms with Gasteiger partial charge in [-0.1, -0.05) is 77.8 Å². The van der Waals surface area contributed by atoms with Crippen LogP contribution in [0.1, 0.15) is 88.8 Å². The number of anilines is 1. The van der Waals surface area contributed by atoms with Gasteiger partial charge in [0.05, 0.1) is 5.52 Å². The topological polar surface area (TPSA) is 59.0 Å². The number of ketones is 1. The second-order valence-electron chi connectivity index (χ2n) is 10.1. The molecule has 2 aromatic heterocycles. The molecule has 0 N–H and O–H groups in total. The molecule has 0 unspecified atom stereocenters. The van der Waals surface area contributed by atoms with E-state index >= 15 is 0 Å². The van der Waals surface area contributed by atoms with Crippen LogP contribution in [0.2, 0.25) is 0 Å². The van der Waals surface area contributed by atoms with E-state index in [1.807, 2.05) is 63.2 Å². The van der Waals surface area contributed by atoms with E-state index in [-0.39, 0.29) is 5.78 Å². The molecule has 0 spiro atoms. The quantitative estimate of drug-likeness (QED) is 0.229. The van der Waals surface area contributed by atoms with Gasteiger partial charge in [-0.2, -0.15) is 0 Å². The minimum Gasteiger partial charge on any atom is -0.362 e. The zero-order chi connectivity index (χ0) is 27.2. The normalized spacial score (nSPS) is 16.7. The lowest BCUT2D eigenvalue weighted by Gasteiger charge is -2.25.